The van der Waals surface area contributed by atoms with E-state index in [4.69, 9.17) is 0 Å². The standard InChI is InChI=1S/C22H23N3O2/c1-14-4-8-16(9-5-14)19-18-20(24-13-3-12-23(19)24)22(27)25(21(18)26)17-10-6-15(2)7-11-17/h4-11,18-20H,3,12-13H2,1-2H3/t18-,19-,20+/m1/s1. The number of carbonyl (C=O) groups is 2. The summed E-state index contributed by atoms with van der Waals surface area (Å²) in [5.74, 6) is -0.508. The van der Waals surface area contributed by atoms with Gasteiger partial charge in [-0.15, -0.1) is 0 Å². The maximum absolute atomic E-state index is 13.4. The lowest BCUT2D eigenvalue weighted by Crippen LogP contribution is -2.44. The van der Waals surface area contributed by atoms with E-state index >= 15 is 0 Å². The summed E-state index contributed by atoms with van der Waals surface area (Å²) in [7, 11) is 0. The van der Waals surface area contributed by atoms with Gasteiger partial charge in [0.2, 0.25) is 5.91 Å². The van der Waals surface area contributed by atoms with Crippen LogP contribution in [0.25, 0.3) is 0 Å². The van der Waals surface area contributed by atoms with Crippen molar-refractivity contribution in [2.24, 2.45) is 5.92 Å². The van der Waals surface area contributed by atoms with Crippen molar-refractivity contribution in [2.75, 3.05) is 18.0 Å². The minimum atomic E-state index is -0.382. The Morgan fingerprint density at radius 3 is 1.93 bits per heavy atom. The predicted molar refractivity (Wildman–Crippen MR) is 103 cm³/mol. The van der Waals surface area contributed by atoms with Gasteiger partial charge in [-0.25, -0.2) is 14.9 Å². The Morgan fingerprint density at radius 1 is 0.741 bits per heavy atom. The molecule has 5 heteroatoms. The molecule has 0 bridgehead atoms. The van der Waals surface area contributed by atoms with Crippen LogP contribution in [0.1, 0.15) is 29.2 Å². The van der Waals surface area contributed by atoms with Crippen molar-refractivity contribution >= 4 is 17.5 Å². The van der Waals surface area contributed by atoms with Gasteiger partial charge in [0.05, 0.1) is 17.6 Å². The van der Waals surface area contributed by atoms with Crippen LogP contribution in [0.15, 0.2) is 48.5 Å². The van der Waals surface area contributed by atoms with Gasteiger partial charge in [0.25, 0.3) is 5.91 Å². The second-order valence-corrected chi connectivity index (χ2v) is 7.85. The largest absolute Gasteiger partial charge is 0.274 e. The zero-order valence-corrected chi connectivity index (χ0v) is 15.6. The molecule has 2 amide bonds. The molecule has 0 aromatic heterocycles. The highest BCUT2D eigenvalue weighted by Crippen LogP contribution is 2.48. The Kier molecular flexibility index (Phi) is 3.71. The van der Waals surface area contributed by atoms with Gasteiger partial charge in [-0.2, -0.15) is 0 Å². The third-order valence-electron chi connectivity index (χ3n) is 6.12. The van der Waals surface area contributed by atoms with Gasteiger partial charge in [0, 0.05) is 13.1 Å². The molecular formula is C22H23N3O2. The fourth-order valence-electron chi connectivity index (χ4n) is 4.83. The number of imide groups is 1. The van der Waals surface area contributed by atoms with E-state index < -0.39 is 0 Å². The Morgan fingerprint density at radius 2 is 1.30 bits per heavy atom. The number of amides is 2. The SMILES string of the molecule is Cc1ccc([C@@H]2[C@H]3C(=O)N(c4ccc(C)cc4)C(=O)[C@H]3N3CCCN23)cc1. The summed E-state index contributed by atoms with van der Waals surface area (Å²) in [6.45, 7) is 5.80. The Labute approximate surface area is 159 Å². The molecular weight excluding hydrogens is 338 g/mol. The van der Waals surface area contributed by atoms with Gasteiger partial charge in [0.1, 0.15) is 6.04 Å². The number of benzene rings is 2. The van der Waals surface area contributed by atoms with Gasteiger partial charge in [-0.3, -0.25) is 9.59 Å². The zero-order chi connectivity index (χ0) is 18.7. The normalized spacial score (nSPS) is 28.1. The highest BCUT2D eigenvalue weighted by atomic mass is 16.2. The Hall–Kier alpha value is -2.50. The zero-order valence-electron chi connectivity index (χ0n) is 15.6. The second kappa shape index (κ2) is 6.01. The first kappa shape index (κ1) is 16.7. The number of carbonyl (C=O) groups excluding carboxylic acids is 2. The molecule has 3 atom stereocenters. The van der Waals surface area contributed by atoms with Gasteiger partial charge in [-0.1, -0.05) is 47.5 Å². The lowest BCUT2D eigenvalue weighted by molar-refractivity contribution is -0.126. The molecule has 5 nitrogen and oxygen atoms in total. The first-order valence-corrected chi connectivity index (χ1v) is 9.60. The molecule has 3 aliphatic rings. The van der Waals surface area contributed by atoms with Gasteiger partial charge >= 0.3 is 0 Å². The van der Waals surface area contributed by atoms with E-state index in [1.54, 1.807) is 0 Å². The molecule has 138 valence electrons. The van der Waals surface area contributed by atoms with Crippen LogP contribution in [-0.4, -0.2) is 41.0 Å². The van der Waals surface area contributed by atoms with E-state index in [1.807, 2.05) is 31.2 Å². The van der Waals surface area contributed by atoms with Crippen LogP contribution < -0.4 is 4.90 Å². The van der Waals surface area contributed by atoms with E-state index in [0.717, 1.165) is 30.6 Å². The quantitative estimate of drug-likeness (QED) is 0.772. The first-order valence-electron chi connectivity index (χ1n) is 9.60. The van der Waals surface area contributed by atoms with E-state index in [0.29, 0.717) is 5.69 Å². The van der Waals surface area contributed by atoms with E-state index in [9.17, 15) is 9.59 Å². The number of fused-ring (bicyclic) bond motifs is 3. The molecule has 3 saturated heterocycles. The topological polar surface area (TPSA) is 43.9 Å². The number of anilines is 1. The highest BCUT2D eigenvalue weighted by molar-refractivity contribution is 6.24. The average molecular weight is 361 g/mol. The Bertz CT molecular complexity index is 906. The van der Waals surface area contributed by atoms with Crippen LogP contribution in [0.3, 0.4) is 0 Å². The molecule has 27 heavy (non-hydrogen) atoms. The summed E-state index contributed by atoms with van der Waals surface area (Å²) < 4.78 is 0. The number of hydrogen-bond donors (Lipinski definition) is 0. The van der Waals surface area contributed by atoms with Crippen molar-refractivity contribution < 1.29 is 9.59 Å². The second-order valence-electron chi connectivity index (χ2n) is 7.85. The Balaban J connectivity index is 1.57. The van der Waals surface area contributed by atoms with Crippen molar-refractivity contribution in [3.05, 3.63) is 65.2 Å². The summed E-state index contributed by atoms with van der Waals surface area (Å²) in [5.41, 5.74) is 4.10. The summed E-state index contributed by atoms with van der Waals surface area (Å²) in [6.07, 6.45) is 1.03. The van der Waals surface area contributed by atoms with Crippen LogP contribution in [0.4, 0.5) is 5.69 Å². The molecule has 2 aromatic carbocycles. The summed E-state index contributed by atoms with van der Waals surface area (Å²) in [5, 5.41) is 4.39. The molecule has 5 rings (SSSR count). The molecule has 0 radical (unpaired) electrons. The van der Waals surface area contributed by atoms with Crippen LogP contribution in [-0.2, 0) is 9.59 Å². The number of nitrogens with zero attached hydrogens (tertiary/aromatic N) is 3. The van der Waals surface area contributed by atoms with Crippen molar-refractivity contribution in [1.29, 1.82) is 0 Å². The molecule has 3 fully saturated rings. The molecule has 0 spiro atoms. The van der Waals surface area contributed by atoms with Gasteiger partial charge in [0.15, 0.2) is 0 Å². The molecule has 0 N–H and O–H groups in total. The maximum atomic E-state index is 13.4. The summed E-state index contributed by atoms with van der Waals surface area (Å²) in [6, 6.07) is 15.6. The van der Waals surface area contributed by atoms with Gasteiger partial charge < -0.3 is 0 Å². The van der Waals surface area contributed by atoms with Crippen LogP contribution in [0, 0.1) is 19.8 Å². The van der Waals surface area contributed by atoms with E-state index in [2.05, 4.69) is 41.2 Å². The van der Waals surface area contributed by atoms with Crippen LogP contribution >= 0.6 is 0 Å². The van der Waals surface area contributed by atoms with Crippen LogP contribution in [0.2, 0.25) is 0 Å². The van der Waals surface area contributed by atoms with Crippen molar-refractivity contribution in [1.82, 2.24) is 10.0 Å². The van der Waals surface area contributed by atoms with E-state index in [1.165, 1.54) is 10.5 Å². The van der Waals surface area contributed by atoms with E-state index in [-0.39, 0.29) is 29.8 Å². The van der Waals surface area contributed by atoms with Crippen molar-refractivity contribution in [3.63, 3.8) is 0 Å². The lowest BCUT2D eigenvalue weighted by atomic mass is 9.89. The third kappa shape index (κ3) is 2.38. The minimum absolute atomic E-state index is 0.0648. The average Bonchev–Trinajstić information content (AvgIpc) is 3.30. The monoisotopic (exact) mass is 361 g/mol. The number of hydrazine groups is 1. The first-order chi connectivity index (χ1) is 13.1. The van der Waals surface area contributed by atoms with Gasteiger partial charge in [-0.05, 0) is 38.0 Å². The highest BCUT2D eigenvalue weighted by Gasteiger charge is 2.62. The maximum Gasteiger partial charge on any atom is 0.253 e. The predicted octanol–water partition coefficient (Wildman–Crippen LogP) is 2.84. The number of rotatable bonds is 2. The summed E-state index contributed by atoms with van der Waals surface area (Å²) >= 11 is 0. The smallest absolute Gasteiger partial charge is 0.253 e. The minimum Gasteiger partial charge on any atom is -0.274 e. The molecule has 3 heterocycles. The number of aryl methyl sites for hydroxylation is 2. The van der Waals surface area contributed by atoms with Crippen LogP contribution in [0.5, 0.6) is 0 Å². The fourth-order valence-corrected chi connectivity index (χ4v) is 4.83. The number of hydrogen-bond acceptors (Lipinski definition) is 4. The lowest BCUT2D eigenvalue weighted by Gasteiger charge is -2.29. The van der Waals surface area contributed by atoms with Crippen molar-refractivity contribution in [2.45, 2.75) is 32.4 Å². The fraction of sp³-hybridized carbons (Fsp3) is 0.364. The summed E-state index contributed by atoms with van der Waals surface area (Å²) in [4.78, 5) is 28.1. The molecule has 0 unspecified atom stereocenters. The molecule has 0 aliphatic carbocycles. The third-order valence-corrected chi connectivity index (χ3v) is 6.12. The molecule has 2 aromatic rings. The van der Waals surface area contributed by atoms with Crippen molar-refractivity contribution in [3.8, 4) is 0 Å². The molecule has 3 aliphatic heterocycles. The molecule has 0 saturated carbocycles.